The van der Waals surface area contributed by atoms with E-state index in [0.29, 0.717) is 5.56 Å². The Kier molecular flexibility index (Phi) is 7.15. The van der Waals surface area contributed by atoms with E-state index in [9.17, 15) is 4.79 Å². The highest BCUT2D eigenvalue weighted by molar-refractivity contribution is 6.00. The average molecular weight is 264 g/mol. The number of hydrogen-bond acceptors (Lipinski definition) is 4. The van der Waals surface area contributed by atoms with Crippen molar-refractivity contribution < 1.29 is 9.53 Å². The zero-order valence-corrected chi connectivity index (χ0v) is 11.8. The van der Waals surface area contributed by atoms with E-state index >= 15 is 0 Å². The molecule has 0 radical (unpaired) electrons. The molecule has 0 bridgehead atoms. The highest BCUT2D eigenvalue weighted by atomic mass is 16.5. The number of unbranched alkanes of at least 4 members (excludes halogenated alkanes) is 2. The quantitative estimate of drug-likeness (QED) is 0.531. The first kappa shape index (κ1) is 15.7. The van der Waals surface area contributed by atoms with Crippen LogP contribution >= 0.6 is 0 Å². The number of nitrogens with two attached hydrogens (primary N) is 1. The lowest BCUT2D eigenvalue weighted by molar-refractivity contribution is 0.0968. The number of nitrogens with one attached hydrogen (secondary N) is 1. The van der Waals surface area contributed by atoms with Gasteiger partial charge in [0.2, 0.25) is 0 Å². The minimum absolute atomic E-state index is 0.0243. The number of Topliss-reactive ketones (excluding diaryl/α,β-unsaturated/α-hetero) is 1. The summed E-state index contributed by atoms with van der Waals surface area (Å²) in [6, 6.07) is 7.05. The maximum atomic E-state index is 11.8. The van der Waals surface area contributed by atoms with Crippen LogP contribution in [0.15, 0.2) is 24.3 Å². The second-order valence-corrected chi connectivity index (χ2v) is 4.71. The number of anilines is 1. The molecule has 1 aromatic carbocycles. The molecule has 3 N–H and O–H groups in total. The van der Waals surface area contributed by atoms with Gasteiger partial charge < -0.3 is 15.8 Å². The lowest BCUT2D eigenvalue weighted by atomic mass is 10.1. The fraction of sp³-hybridized carbons (Fsp3) is 0.533. The summed E-state index contributed by atoms with van der Waals surface area (Å²) in [4.78, 5) is 11.8. The normalized spacial score (nSPS) is 12.2. The van der Waals surface area contributed by atoms with E-state index in [-0.39, 0.29) is 5.78 Å². The van der Waals surface area contributed by atoms with Crippen LogP contribution in [0.25, 0.3) is 0 Å². The third-order valence-corrected chi connectivity index (χ3v) is 2.92. The summed E-state index contributed by atoms with van der Waals surface area (Å²) in [5.41, 5.74) is 7.24. The highest BCUT2D eigenvalue weighted by Gasteiger charge is 2.10. The van der Waals surface area contributed by atoms with Gasteiger partial charge in [0.1, 0.15) is 0 Å². The van der Waals surface area contributed by atoms with Gasteiger partial charge in [0.05, 0.1) is 6.04 Å². The molecule has 0 aliphatic heterocycles. The van der Waals surface area contributed by atoms with Crippen LogP contribution in [0.3, 0.4) is 0 Å². The Morgan fingerprint density at radius 3 is 2.84 bits per heavy atom. The van der Waals surface area contributed by atoms with Gasteiger partial charge in [0.25, 0.3) is 0 Å². The monoisotopic (exact) mass is 264 g/mol. The zero-order valence-electron chi connectivity index (χ0n) is 11.8. The van der Waals surface area contributed by atoms with E-state index in [1.807, 2.05) is 18.2 Å². The number of hydrogen-bond donors (Lipinski definition) is 2. The van der Waals surface area contributed by atoms with Crippen LogP contribution in [-0.4, -0.2) is 32.1 Å². The number of methoxy groups -OCH3 is 1. The van der Waals surface area contributed by atoms with Crippen LogP contribution in [0, 0.1) is 0 Å². The molecule has 1 aromatic rings. The molecular weight excluding hydrogens is 240 g/mol. The third kappa shape index (κ3) is 5.85. The number of ether oxygens (including phenoxy) is 1. The Hall–Kier alpha value is -1.39. The Morgan fingerprint density at radius 1 is 1.37 bits per heavy atom. The number of carbonyl (C=O) groups is 1. The van der Waals surface area contributed by atoms with Gasteiger partial charge in [0, 0.05) is 31.5 Å². The van der Waals surface area contributed by atoms with Crippen LogP contribution in [0.4, 0.5) is 5.69 Å². The molecule has 19 heavy (non-hydrogen) atoms. The van der Waals surface area contributed by atoms with Gasteiger partial charge in [-0.1, -0.05) is 12.1 Å². The highest BCUT2D eigenvalue weighted by Crippen LogP contribution is 2.12. The molecule has 0 aliphatic rings. The van der Waals surface area contributed by atoms with Crippen LogP contribution in [0.1, 0.15) is 36.5 Å². The van der Waals surface area contributed by atoms with Crippen molar-refractivity contribution in [2.24, 2.45) is 5.73 Å². The summed E-state index contributed by atoms with van der Waals surface area (Å²) in [5, 5.41) is 3.32. The molecule has 106 valence electrons. The predicted octanol–water partition coefficient (Wildman–Crippen LogP) is 2.45. The molecule has 4 heteroatoms. The van der Waals surface area contributed by atoms with Crippen molar-refractivity contribution >= 4 is 11.5 Å². The molecular formula is C15H24N2O2. The van der Waals surface area contributed by atoms with Gasteiger partial charge >= 0.3 is 0 Å². The SMILES string of the molecule is COCCCCCNc1cccc(C(=O)C(C)N)c1. The van der Waals surface area contributed by atoms with Crippen molar-refractivity contribution in [3.05, 3.63) is 29.8 Å². The molecule has 0 fully saturated rings. The molecule has 0 aromatic heterocycles. The second kappa shape index (κ2) is 8.67. The number of carbonyl (C=O) groups excluding carboxylic acids is 1. The van der Waals surface area contributed by atoms with Crippen LogP contribution in [0.2, 0.25) is 0 Å². The van der Waals surface area contributed by atoms with Crippen molar-refractivity contribution in [2.75, 3.05) is 25.6 Å². The summed E-state index contributed by atoms with van der Waals surface area (Å²) < 4.78 is 5.00. The first-order valence-corrected chi connectivity index (χ1v) is 6.78. The molecule has 0 amide bonds. The number of ketones is 1. The van der Waals surface area contributed by atoms with Gasteiger partial charge in [0.15, 0.2) is 5.78 Å². The Balaban J connectivity index is 2.38. The van der Waals surface area contributed by atoms with Crippen molar-refractivity contribution in [3.63, 3.8) is 0 Å². The summed E-state index contributed by atoms with van der Waals surface area (Å²) in [5.74, 6) is -0.0243. The summed E-state index contributed by atoms with van der Waals surface area (Å²) in [6.45, 7) is 3.43. The van der Waals surface area contributed by atoms with Gasteiger partial charge in [-0.2, -0.15) is 0 Å². The first-order chi connectivity index (χ1) is 9.15. The number of benzene rings is 1. The van der Waals surface area contributed by atoms with E-state index in [4.69, 9.17) is 10.5 Å². The molecule has 0 saturated heterocycles. The van der Waals surface area contributed by atoms with Crippen LogP contribution in [-0.2, 0) is 4.74 Å². The predicted molar refractivity (Wildman–Crippen MR) is 78.6 cm³/mol. The Labute approximate surface area is 115 Å². The standard InChI is InChI=1S/C15H24N2O2/c1-12(16)15(18)13-7-6-8-14(11-13)17-9-4-3-5-10-19-2/h6-8,11-12,17H,3-5,9-10,16H2,1-2H3. The molecule has 1 rings (SSSR count). The summed E-state index contributed by atoms with van der Waals surface area (Å²) in [7, 11) is 1.72. The van der Waals surface area contributed by atoms with E-state index in [0.717, 1.165) is 38.1 Å². The van der Waals surface area contributed by atoms with Crippen molar-refractivity contribution in [2.45, 2.75) is 32.2 Å². The molecule has 0 saturated carbocycles. The third-order valence-electron chi connectivity index (χ3n) is 2.92. The molecule has 0 aliphatic carbocycles. The molecule has 1 atom stereocenters. The van der Waals surface area contributed by atoms with Crippen molar-refractivity contribution in [3.8, 4) is 0 Å². The van der Waals surface area contributed by atoms with Gasteiger partial charge in [-0.3, -0.25) is 4.79 Å². The van der Waals surface area contributed by atoms with Gasteiger partial charge in [-0.25, -0.2) is 0 Å². The van der Waals surface area contributed by atoms with Crippen molar-refractivity contribution in [1.82, 2.24) is 0 Å². The largest absolute Gasteiger partial charge is 0.385 e. The van der Waals surface area contributed by atoms with Gasteiger partial charge in [-0.05, 0) is 38.3 Å². The summed E-state index contributed by atoms with van der Waals surface area (Å²) in [6.07, 6.45) is 3.31. The fourth-order valence-corrected chi connectivity index (χ4v) is 1.83. The van der Waals surface area contributed by atoms with E-state index in [1.54, 1.807) is 20.1 Å². The van der Waals surface area contributed by atoms with E-state index in [2.05, 4.69) is 5.32 Å². The minimum atomic E-state index is -0.454. The second-order valence-electron chi connectivity index (χ2n) is 4.71. The lowest BCUT2D eigenvalue weighted by Crippen LogP contribution is -2.26. The average Bonchev–Trinajstić information content (AvgIpc) is 2.42. The summed E-state index contributed by atoms with van der Waals surface area (Å²) >= 11 is 0. The van der Waals surface area contributed by atoms with E-state index < -0.39 is 6.04 Å². The number of rotatable bonds is 9. The maximum Gasteiger partial charge on any atom is 0.179 e. The smallest absolute Gasteiger partial charge is 0.179 e. The molecule has 0 spiro atoms. The molecule has 4 nitrogen and oxygen atoms in total. The van der Waals surface area contributed by atoms with Gasteiger partial charge in [-0.15, -0.1) is 0 Å². The maximum absolute atomic E-state index is 11.8. The van der Waals surface area contributed by atoms with E-state index in [1.165, 1.54) is 0 Å². The molecule has 1 unspecified atom stereocenters. The topological polar surface area (TPSA) is 64.3 Å². The van der Waals surface area contributed by atoms with Crippen molar-refractivity contribution in [1.29, 1.82) is 0 Å². The zero-order chi connectivity index (χ0) is 14.1. The Bertz CT molecular complexity index is 391. The van der Waals surface area contributed by atoms with Crippen LogP contribution < -0.4 is 11.1 Å². The lowest BCUT2D eigenvalue weighted by Gasteiger charge is -2.09. The fourth-order valence-electron chi connectivity index (χ4n) is 1.83. The van der Waals surface area contributed by atoms with Crippen LogP contribution in [0.5, 0.6) is 0 Å². The Morgan fingerprint density at radius 2 is 2.16 bits per heavy atom. The molecule has 0 heterocycles. The first-order valence-electron chi connectivity index (χ1n) is 6.78. The minimum Gasteiger partial charge on any atom is -0.385 e.